The molecule has 0 aromatic heterocycles. The molecule has 5 nitrogen and oxygen atoms in total. The molecule has 5 heteroatoms. The van der Waals surface area contributed by atoms with Crippen LogP contribution in [0.3, 0.4) is 0 Å². The third-order valence-corrected chi connectivity index (χ3v) is 9.31. The highest BCUT2D eigenvalue weighted by Crippen LogP contribution is 2.13. The summed E-state index contributed by atoms with van der Waals surface area (Å²) in [5.74, 6) is -0.528. The minimum atomic E-state index is -1.12. The van der Waals surface area contributed by atoms with Crippen LogP contribution in [0, 0.1) is 0 Å². The third-order valence-electron chi connectivity index (χ3n) is 9.31. The van der Waals surface area contributed by atoms with Crippen molar-refractivity contribution in [3.8, 4) is 0 Å². The minimum Gasteiger partial charge on any atom is -0.394 e. The molecule has 0 fully saturated rings. The predicted octanol–water partition coefficient (Wildman–Crippen LogP) is 11.9. The summed E-state index contributed by atoms with van der Waals surface area (Å²) in [6.07, 6.45) is 52.4. The third kappa shape index (κ3) is 34.5. The van der Waals surface area contributed by atoms with Crippen molar-refractivity contribution in [3.63, 3.8) is 0 Å². The first-order chi connectivity index (χ1) is 24.6. The Kier molecular flexibility index (Phi) is 38.3. The number of hydrogen-bond acceptors (Lipinski definition) is 4. The lowest BCUT2D eigenvalue weighted by Crippen LogP contribution is -2.48. The van der Waals surface area contributed by atoms with Crippen molar-refractivity contribution in [3.05, 3.63) is 60.8 Å². The van der Waals surface area contributed by atoms with E-state index in [2.05, 4.69) is 67.8 Å². The Hall–Kier alpha value is -1.95. The smallest absolute Gasteiger partial charge is 0.249 e. The van der Waals surface area contributed by atoms with E-state index in [0.717, 1.165) is 57.8 Å². The molecule has 3 atom stereocenters. The van der Waals surface area contributed by atoms with Crippen LogP contribution >= 0.6 is 0 Å². The van der Waals surface area contributed by atoms with Crippen molar-refractivity contribution >= 4 is 5.91 Å². The maximum atomic E-state index is 12.4. The molecule has 1 amide bonds. The van der Waals surface area contributed by atoms with Crippen molar-refractivity contribution in [2.24, 2.45) is 0 Å². The van der Waals surface area contributed by atoms with Gasteiger partial charge in [-0.2, -0.15) is 0 Å². The SMILES string of the molecule is CCCCC/C=C\C/C=C\CCCCCCCCC(O)C(=O)NC(CO)C(O)/C=C/CC/C=C/CC/C=C/CCCCCCCCCCCC. The zero-order valence-electron chi connectivity index (χ0n) is 32.8. The zero-order valence-corrected chi connectivity index (χ0v) is 32.8. The highest BCUT2D eigenvalue weighted by molar-refractivity contribution is 5.80. The van der Waals surface area contributed by atoms with Gasteiger partial charge in [-0.1, -0.05) is 177 Å². The highest BCUT2D eigenvalue weighted by atomic mass is 16.3. The van der Waals surface area contributed by atoms with E-state index in [1.807, 2.05) is 6.08 Å². The summed E-state index contributed by atoms with van der Waals surface area (Å²) in [6, 6.07) is -0.827. The van der Waals surface area contributed by atoms with Crippen LogP contribution in [0.15, 0.2) is 60.8 Å². The Morgan fingerprint density at radius 1 is 0.500 bits per heavy atom. The van der Waals surface area contributed by atoms with Crippen LogP contribution in [0.2, 0.25) is 0 Å². The normalized spacial score (nSPS) is 14.3. The van der Waals surface area contributed by atoms with Gasteiger partial charge in [-0.15, -0.1) is 0 Å². The van der Waals surface area contributed by atoms with E-state index in [1.54, 1.807) is 6.08 Å². The number of carbonyl (C=O) groups excluding carboxylic acids is 1. The Balaban J connectivity index is 3.81. The lowest BCUT2D eigenvalue weighted by molar-refractivity contribution is -0.131. The van der Waals surface area contributed by atoms with Gasteiger partial charge in [0, 0.05) is 0 Å². The number of aliphatic hydroxyl groups excluding tert-OH is 3. The van der Waals surface area contributed by atoms with Gasteiger partial charge in [-0.3, -0.25) is 4.79 Å². The largest absolute Gasteiger partial charge is 0.394 e. The van der Waals surface area contributed by atoms with E-state index in [1.165, 1.54) is 116 Å². The van der Waals surface area contributed by atoms with E-state index in [-0.39, 0.29) is 6.61 Å². The minimum absolute atomic E-state index is 0.387. The van der Waals surface area contributed by atoms with Gasteiger partial charge in [-0.05, 0) is 77.0 Å². The molecule has 0 spiro atoms. The van der Waals surface area contributed by atoms with Crippen LogP contribution < -0.4 is 5.32 Å². The molecule has 0 radical (unpaired) electrons. The van der Waals surface area contributed by atoms with Crippen LogP contribution in [0.5, 0.6) is 0 Å². The highest BCUT2D eigenvalue weighted by Gasteiger charge is 2.22. The fraction of sp³-hybridized carbons (Fsp3) is 0.756. The second-order valence-electron chi connectivity index (χ2n) is 14.2. The Morgan fingerprint density at radius 3 is 1.38 bits per heavy atom. The second kappa shape index (κ2) is 39.8. The maximum Gasteiger partial charge on any atom is 0.249 e. The fourth-order valence-corrected chi connectivity index (χ4v) is 5.95. The molecule has 0 aliphatic rings. The van der Waals surface area contributed by atoms with Gasteiger partial charge in [-0.25, -0.2) is 0 Å². The Labute approximate surface area is 309 Å². The van der Waals surface area contributed by atoms with Crippen molar-refractivity contribution in [2.75, 3.05) is 6.61 Å². The van der Waals surface area contributed by atoms with Crippen LogP contribution in [0.25, 0.3) is 0 Å². The Bertz CT molecular complexity index is 861. The monoisotopic (exact) mass is 700 g/mol. The summed E-state index contributed by atoms with van der Waals surface area (Å²) in [5.41, 5.74) is 0. The van der Waals surface area contributed by atoms with Gasteiger partial charge < -0.3 is 20.6 Å². The Morgan fingerprint density at radius 2 is 0.880 bits per heavy atom. The number of amides is 1. The van der Waals surface area contributed by atoms with Gasteiger partial charge in [0.2, 0.25) is 5.91 Å². The summed E-state index contributed by atoms with van der Waals surface area (Å²) in [4.78, 5) is 12.4. The average Bonchev–Trinajstić information content (AvgIpc) is 3.12. The summed E-state index contributed by atoms with van der Waals surface area (Å²) in [7, 11) is 0. The van der Waals surface area contributed by atoms with Crippen molar-refractivity contribution in [1.29, 1.82) is 0 Å². The molecule has 0 saturated carbocycles. The predicted molar refractivity (Wildman–Crippen MR) is 217 cm³/mol. The van der Waals surface area contributed by atoms with Crippen LogP contribution in [0.1, 0.15) is 194 Å². The van der Waals surface area contributed by atoms with Gasteiger partial charge in [0.1, 0.15) is 6.10 Å². The van der Waals surface area contributed by atoms with Crippen LogP contribution in [0.4, 0.5) is 0 Å². The van der Waals surface area contributed by atoms with Gasteiger partial charge in [0.15, 0.2) is 0 Å². The molecule has 0 aliphatic carbocycles. The summed E-state index contributed by atoms with van der Waals surface area (Å²) in [5, 5.41) is 33.0. The van der Waals surface area contributed by atoms with E-state index < -0.39 is 24.2 Å². The number of carbonyl (C=O) groups is 1. The number of rotatable bonds is 37. The topological polar surface area (TPSA) is 89.8 Å². The van der Waals surface area contributed by atoms with Gasteiger partial charge >= 0.3 is 0 Å². The molecular weight excluding hydrogens is 618 g/mol. The molecule has 0 bridgehead atoms. The molecule has 0 rings (SSSR count). The van der Waals surface area contributed by atoms with E-state index >= 15 is 0 Å². The summed E-state index contributed by atoms with van der Waals surface area (Å²) >= 11 is 0. The molecule has 0 aromatic carbocycles. The van der Waals surface area contributed by atoms with Crippen molar-refractivity contribution < 1.29 is 20.1 Å². The van der Waals surface area contributed by atoms with E-state index in [4.69, 9.17) is 0 Å². The van der Waals surface area contributed by atoms with Crippen molar-refractivity contribution in [1.82, 2.24) is 5.32 Å². The maximum absolute atomic E-state index is 12.4. The quantitative estimate of drug-likeness (QED) is 0.0384. The van der Waals surface area contributed by atoms with Crippen LogP contribution in [-0.2, 0) is 4.79 Å². The first-order valence-corrected chi connectivity index (χ1v) is 21.1. The zero-order chi connectivity index (χ0) is 36.6. The standard InChI is InChI=1S/C45H81NO4/c1-3-5-7-9-11-13-15-17-19-21-22-23-24-26-27-29-31-33-35-37-39-43(48)42(41-47)46-45(50)44(49)40-38-36-34-32-30-28-25-20-18-16-14-12-10-8-6-4-2/h12,14,18,20,23-24,29,31,37,39,42-44,47-49H,3-11,13,15-17,19,21-22,25-28,30,32-36,38,40-41H2,1-2H3,(H,46,50)/b14-12-,20-18-,24-23+,31-29+,39-37+. The summed E-state index contributed by atoms with van der Waals surface area (Å²) < 4.78 is 0. The molecule has 3 unspecified atom stereocenters. The summed E-state index contributed by atoms with van der Waals surface area (Å²) in [6.45, 7) is 4.12. The molecule has 0 aromatic rings. The van der Waals surface area contributed by atoms with E-state index in [9.17, 15) is 20.1 Å². The second-order valence-corrected chi connectivity index (χ2v) is 14.2. The molecule has 0 saturated heterocycles. The van der Waals surface area contributed by atoms with Crippen molar-refractivity contribution in [2.45, 2.75) is 212 Å². The number of hydrogen-bond donors (Lipinski definition) is 4. The van der Waals surface area contributed by atoms with Gasteiger partial charge in [0.05, 0.1) is 18.8 Å². The number of aliphatic hydroxyl groups is 3. The first kappa shape index (κ1) is 48.0. The van der Waals surface area contributed by atoms with Gasteiger partial charge in [0.25, 0.3) is 0 Å². The molecule has 0 aliphatic heterocycles. The first-order valence-electron chi connectivity index (χ1n) is 21.1. The fourth-order valence-electron chi connectivity index (χ4n) is 5.95. The molecule has 50 heavy (non-hydrogen) atoms. The number of allylic oxidation sites excluding steroid dienone is 9. The molecule has 0 heterocycles. The number of nitrogens with one attached hydrogen (secondary N) is 1. The lowest BCUT2D eigenvalue weighted by Gasteiger charge is -2.21. The molecule has 290 valence electrons. The lowest BCUT2D eigenvalue weighted by atomic mass is 10.0. The molecule has 4 N–H and O–H groups in total. The van der Waals surface area contributed by atoms with Crippen LogP contribution in [-0.4, -0.2) is 46.1 Å². The van der Waals surface area contributed by atoms with E-state index in [0.29, 0.717) is 6.42 Å². The average molecular weight is 700 g/mol. The number of unbranched alkanes of at least 4 members (excludes halogenated alkanes) is 21. The molecular formula is C45H81NO4.